The Balaban J connectivity index is 0.00000102. The van der Waals surface area contributed by atoms with Crippen LogP contribution in [0.2, 0.25) is 0 Å². The minimum absolute atomic E-state index is 0.0270. The van der Waals surface area contributed by atoms with Gasteiger partial charge in [-0.3, -0.25) is 18.9 Å². The number of piperidine rings is 1. The average molecular weight is 644 g/mol. The maximum absolute atomic E-state index is 14.1. The van der Waals surface area contributed by atoms with E-state index in [-0.39, 0.29) is 25.0 Å². The number of nitrogens with one attached hydrogen (secondary N) is 1. The molecule has 1 fully saturated rings. The molecule has 0 saturated carbocycles. The molecule has 13 heteroatoms. The first kappa shape index (κ1) is 35.8. The SMILES string of the molecule is CC(C)(N)C(=O)N[C@H](COCc1ccccc1)C(=O)N1CCC2=NN(C(C)(C)C)C(=O)[C@@]2(Cc2ccccc2)C1.CS(=O)(=O)O. The molecule has 0 bridgehead atoms. The van der Waals surface area contributed by atoms with Crippen molar-refractivity contribution in [1.29, 1.82) is 0 Å². The Hall–Kier alpha value is -3.65. The van der Waals surface area contributed by atoms with Crippen LogP contribution < -0.4 is 11.1 Å². The van der Waals surface area contributed by atoms with Crippen molar-refractivity contribution in [2.45, 2.75) is 71.2 Å². The quantitative estimate of drug-likeness (QED) is 0.350. The van der Waals surface area contributed by atoms with E-state index < -0.39 is 38.6 Å². The highest BCUT2D eigenvalue weighted by Gasteiger charge is 2.56. The van der Waals surface area contributed by atoms with E-state index in [1.807, 2.05) is 81.4 Å². The molecule has 4 rings (SSSR count). The van der Waals surface area contributed by atoms with E-state index in [1.54, 1.807) is 23.8 Å². The van der Waals surface area contributed by atoms with Crippen LogP contribution in [0.4, 0.5) is 0 Å². The fraction of sp³-hybridized carbons (Fsp3) is 0.500. The summed E-state index contributed by atoms with van der Waals surface area (Å²) in [5.74, 6) is -0.872. The Morgan fingerprint density at radius 1 is 1.04 bits per heavy atom. The molecule has 0 radical (unpaired) electrons. The van der Waals surface area contributed by atoms with Gasteiger partial charge in [0.2, 0.25) is 11.8 Å². The molecular formula is C32H45N5O7S. The first-order valence-corrected chi connectivity index (χ1v) is 16.6. The Bertz CT molecular complexity index is 1480. The lowest BCUT2D eigenvalue weighted by molar-refractivity contribution is -0.146. The van der Waals surface area contributed by atoms with Crippen molar-refractivity contribution >= 4 is 33.6 Å². The number of amides is 3. The van der Waals surface area contributed by atoms with Gasteiger partial charge in [-0.05, 0) is 52.2 Å². The topological polar surface area (TPSA) is 172 Å². The van der Waals surface area contributed by atoms with Crippen molar-refractivity contribution in [2.75, 3.05) is 26.0 Å². The van der Waals surface area contributed by atoms with Gasteiger partial charge < -0.3 is 20.7 Å². The molecular weight excluding hydrogens is 598 g/mol. The highest BCUT2D eigenvalue weighted by Crippen LogP contribution is 2.41. The van der Waals surface area contributed by atoms with E-state index in [4.69, 9.17) is 20.1 Å². The number of hydrogen-bond acceptors (Lipinski definition) is 8. The summed E-state index contributed by atoms with van der Waals surface area (Å²) in [7, 11) is -3.67. The molecule has 0 aliphatic carbocycles. The van der Waals surface area contributed by atoms with Gasteiger partial charge in [0.1, 0.15) is 11.5 Å². The van der Waals surface area contributed by atoms with Crippen molar-refractivity contribution in [3.8, 4) is 0 Å². The zero-order valence-electron chi connectivity index (χ0n) is 26.8. The van der Waals surface area contributed by atoms with Gasteiger partial charge in [0.15, 0.2) is 0 Å². The third kappa shape index (κ3) is 9.92. The van der Waals surface area contributed by atoms with E-state index in [0.29, 0.717) is 32.2 Å². The Morgan fingerprint density at radius 2 is 1.58 bits per heavy atom. The Morgan fingerprint density at radius 3 is 2.09 bits per heavy atom. The van der Waals surface area contributed by atoms with Crippen LogP contribution in [-0.4, -0.2) is 89.4 Å². The Kier molecular flexibility index (Phi) is 11.3. The second-order valence-corrected chi connectivity index (χ2v) is 14.5. The number of likely N-dealkylation sites (tertiary alicyclic amines) is 1. The van der Waals surface area contributed by atoms with Gasteiger partial charge in [-0.1, -0.05) is 60.7 Å². The predicted octanol–water partition coefficient (Wildman–Crippen LogP) is 2.39. The molecule has 45 heavy (non-hydrogen) atoms. The van der Waals surface area contributed by atoms with Gasteiger partial charge in [0, 0.05) is 19.5 Å². The first-order chi connectivity index (χ1) is 20.8. The second-order valence-electron chi connectivity index (χ2n) is 13.1. The molecule has 2 heterocycles. The number of hydrogen-bond donors (Lipinski definition) is 3. The molecule has 0 aromatic heterocycles. The number of rotatable bonds is 9. The minimum Gasteiger partial charge on any atom is -0.374 e. The number of ether oxygens (including phenoxy) is 1. The third-order valence-electron chi connectivity index (χ3n) is 7.33. The van der Waals surface area contributed by atoms with E-state index in [2.05, 4.69) is 5.32 Å². The molecule has 1 saturated heterocycles. The van der Waals surface area contributed by atoms with Crippen LogP contribution in [0.25, 0.3) is 0 Å². The standard InChI is InChI=1S/C31H41N5O4.CH4O3S/c1-29(2,3)36-28(39)31(18-22-12-8-6-9-13-22)21-35(17-16-25(31)34-36)26(37)24(33-27(38)30(4,5)32)20-40-19-23-14-10-7-11-15-23;1-5(2,3)4/h6-15,24H,16-21,32H2,1-5H3,(H,33,38);1H3,(H,2,3,4)/t24-,31+;/m1./s1. The summed E-state index contributed by atoms with van der Waals surface area (Å²) < 4.78 is 31.8. The molecule has 2 aliphatic heterocycles. The number of nitrogens with two attached hydrogens (primary N) is 1. The van der Waals surface area contributed by atoms with Crippen molar-refractivity contribution in [3.05, 3.63) is 71.8 Å². The summed E-state index contributed by atoms with van der Waals surface area (Å²) in [6.07, 6.45) is 1.61. The zero-order chi connectivity index (χ0) is 33.6. The maximum Gasteiger partial charge on any atom is 0.261 e. The fourth-order valence-electron chi connectivity index (χ4n) is 5.11. The molecule has 246 valence electrons. The highest BCUT2D eigenvalue weighted by molar-refractivity contribution is 7.85. The average Bonchev–Trinajstić information content (AvgIpc) is 3.23. The van der Waals surface area contributed by atoms with Crippen molar-refractivity contribution in [3.63, 3.8) is 0 Å². The fourth-order valence-corrected chi connectivity index (χ4v) is 5.11. The monoisotopic (exact) mass is 643 g/mol. The van der Waals surface area contributed by atoms with Gasteiger partial charge in [0.25, 0.3) is 16.0 Å². The van der Waals surface area contributed by atoms with Crippen LogP contribution in [-0.2, 0) is 42.3 Å². The molecule has 3 amide bonds. The smallest absolute Gasteiger partial charge is 0.261 e. The van der Waals surface area contributed by atoms with Crippen LogP contribution in [0.1, 0.15) is 52.2 Å². The van der Waals surface area contributed by atoms with Crippen LogP contribution >= 0.6 is 0 Å². The van der Waals surface area contributed by atoms with Gasteiger partial charge >= 0.3 is 0 Å². The largest absolute Gasteiger partial charge is 0.374 e. The third-order valence-corrected chi connectivity index (χ3v) is 7.33. The van der Waals surface area contributed by atoms with Crippen molar-refractivity contribution in [1.82, 2.24) is 15.2 Å². The van der Waals surface area contributed by atoms with E-state index in [0.717, 1.165) is 16.8 Å². The summed E-state index contributed by atoms with van der Waals surface area (Å²) in [6, 6.07) is 18.5. The van der Waals surface area contributed by atoms with Gasteiger partial charge in [-0.2, -0.15) is 13.5 Å². The molecule has 2 aromatic rings. The highest BCUT2D eigenvalue weighted by atomic mass is 32.2. The van der Waals surface area contributed by atoms with Crippen LogP contribution in [0.3, 0.4) is 0 Å². The van der Waals surface area contributed by atoms with Crippen molar-refractivity contribution < 1.29 is 32.1 Å². The van der Waals surface area contributed by atoms with E-state index in [1.165, 1.54) is 0 Å². The summed E-state index contributed by atoms with van der Waals surface area (Å²) in [5.41, 5.74) is 6.12. The first-order valence-electron chi connectivity index (χ1n) is 14.7. The van der Waals surface area contributed by atoms with Gasteiger partial charge in [-0.25, -0.2) is 5.01 Å². The molecule has 4 N–H and O–H groups in total. The number of hydrazone groups is 1. The molecule has 2 aliphatic rings. The number of carbonyl (C=O) groups excluding carboxylic acids is 3. The molecule has 2 atom stereocenters. The molecule has 0 spiro atoms. The summed E-state index contributed by atoms with van der Waals surface area (Å²) in [4.78, 5) is 42.6. The molecule has 2 aromatic carbocycles. The van der Waals surface area contributed by atoms with Crippen LogP contribution in [0.5, 0.6) is 0 Å². The number of benzene rings is 2. The lowest BCUT2D eigenvalue weighted by atomic mass is 9.73. The van der Waals surface area contributed by atoms with E-state index >= 15 is 0 Å². The van der Waals surface area contributed by atoms with Crippen LogP contribution in [0, 0.1) is 5.41 Å². The lowest BCUT2D eigenvalue weighted by Gasteiger charge is -2.41. The van der Waals surface area contributed by atoms with Crippen molar-refractivity contribution in [2.24, 2.45) is 16.3 Å². The number of fused-ring (bicyclic) bond motifs is 1. The summed E-state index contributed by atoms with van der Waals surface area (Å²) >= 11 is 0. The summed E-state index contributed by atoms with van der Waals surface area (Å²) in [6.45, 7) is 9.86. The predicted molar refractivity (Wildman–Crippen MR) is 172 cm³/mol. The Labute approximate surface area is 265 Å². The van der Waals surface area contributed by atoms with Gasteiger partial charge in [0.05, 0.1) is 36.3 Å². The van der Waals surface area contributed by atoms with E-state index in [9.17, 15) is 22.8 Å². The minimum atomic E-state index is -3.67. The number of nitrogens with zero attached hydrogens (tertiary/aromatic N) is 3. The lowest BCUT2D eigenvalue weighted by Crippen LogP contribution is -2.62. The molecule has 12 nitrogen and oxygen atoms in total. The summed E-state index contributed by atoms with van der Waals surface area (Å²) in [5, 5.41) is 9.15. The number of carbonyl (C=O) groups is 3. The maximum atomic E-state index is 14.1. The normalized spacial score (nSPS) is 19.2. The zero-order valence-corrected chi connectivity index (χ0v) is 27.6. The van der Waals surface area contributed by atoms with Gasteiger partial charge in [-0.15, -0.1) is 0 Å². The van der Waals surface area contributed by atoms with Crippen LogP contribution in [0.15, 0.2) is 65.8 Å². The second kappa shape index (κ2) is 14.2. The molecule has 0 unspecified atom stereocenters.